The molecule has 0 radical (unpaired) electrons. The fraction of sp³-hybridized carbons (Fsp3) is 0.355. The maximum Gasteiger partial charge on any atom is 0.326 e. The molecular formula is C31H37N5O8. The third-order valence-electron chi connectivity index (χ3n) is 6.86. The fourth-order valence-electron chi connectivity index (χ4n) is 4.52. The van der Waals surface area contributed by atoms with Crippen LogP contribution >= 0.6 is 0 Å². The average molecular weight is 608 g/mol. The van der Waals surface area contributed by atoms with Gasteiger partial charge in [0.2, 0.25) is 28.6 Å². The Bertz CT molecular complexity index is 1530. The Morgan fingerprint density at radius 3 is 2.07 bits per heavy atom. The molecule has 3 aromatic rings. The number of anilines is 1. The number of hydrogen-bond acceptors (Lipinski definition) is 9. The van der Waals surface area contributed by atoms with E-state index in [9.17, 15) is 39.0 Å². The van der Waals surface area contributed by atoms with Gasteiger partial charge in [0.1, 0.15) is 17.8 Å². The Kier molecular flexibility index (Phi) is 11.7. The number of nitrogens with two attached hydrogens (primary N) is 1. The van der Waals surface area contributed by atoms with Gasteiger partial charge in [-0.2, -0.15) is 0 Å². The molecule has 13 heteroatoms. The lowest BCUT2D eigenvalue weighted by Gasteiger charge is -2.23. The van der Waals surface area contributed by atoms with Gasteiger partial charge in [-0.15, -0.1) is 0 Å². The van der Waals surface area contributed by atoms with Gasteiger partial charge >= 0.3 is 5.97 Å². The Balaban J connectivity index is 1.61. The molecule has 0 aliphatic heterocycles. The van der Waals surface area contributed by atoms with Crippen molar-refractivity contribution in [1.82, 2.24) is 16.0 Å². The predicted octanol–water partition coefficient (Wildman–Crippen LogP) is -0.0707. The second kappa shape index (κ2) is 15.4. The summed E-state index contributed by atoms with van der Waals surface area (Å²) in [4.78, 5) is 74.5. The molecule has 3 aromatic carbocycles. The number of carbonyl (C=O) groups excluding carboxylic acids is 3. The van der Waals surface area contributed by atoms with E-state index in [4.69, 9.17) is 5.73 Å². The number of phenolic OH excluding ortho intramolecular Hbond substituents is 1. The molecule has 0 saturated carbocycles. The Labute approximate surface area is 253 Å². The number of aromatic hydroxyl groups is 1. The van der Waals surface area contributed by atoms with E-state index in [1.54, 1.807) is 42.5 Å². The molecule has 0 bridgehead atoms. The highest BCUT2D eigenvalue weighted by Gasteiger charge is 2.28. The van der Waals surface area contributed by atoms with Gasteiger partial charge in [0.15, 0.2) is 0 Å². The molecular weight excluding hydrogens is 570 g/mol. The zero-order valence-electron chi connectivity index (χ0n) is 24.5. The molecule has 0 spiro atoms. The van der Waals surface area contributed by atoms with E-state index < -0.39 is 59.2 Å². The lowest BCUT2D eigenvalue weighted by Crippen LogP contribution is -2.53. The summed E-state index contributed by atoms with van der Waals surface area (Å²) >= 11 is 0. The van der Waals surface area contributed by atoms with Gasteiger partial charge in [0.25, 0.3) is 0 Å². The Morgan fingerprint density at radius 1 is 0.818 bits per heavy atom. The van der Waals surface area contributed by atoms with Crippen LogP contribution in [0.15, 0.2) is 64.2 Å². The molecule has 0 fully saturated rings. The molecule has 44 heavy (non-hydrogen) atoms. The zero-order chi connectivity index (χ0) is 32.4. The van der Waals surface area contributed by atoms with Crippen LogP contribution in [0.1, 0.15) is 37.0 Å². The van der Waals surface area contributed by atoms with Crippen LogP contribution in [0.5, 0.6) is 5.75 Å². The molecule has 0 aromatic heterocycles. The van der Waals surface area contributed by atoms with Gasteiger partial charge in [-0.25, -0.2) is 4.79 Å². The molecule has 3 amide bonds. The summed E-state index contributed by atoms with van der Waals surface area (Å²) in [5.74, 6) is -3.06. The quantitative estimate of drug-likeness (QED) is 0.108. The summed E-state index contributed by atoms with van der Waals surface area (Å²) < 4.78 is 0. The zero-order valence-corrected chi connectivity index (χ0v) is 24.5. The van der Waals surface area contributed by atoms with Crippen LogP contribution in [0.25, 0.3) is 0 Å². The number of aliphatic carboxylic acids is 1. The summed E-state index contributed by atoms with van der Waals surface area (Å²) in [5.41, 5.74) is 5.56. The van der Waals surface area contributed by atoms with Crippen LogP contribution in [0.3, 0.4) is 0 Å². The predicted molar refractivity (Wildman–Crippen MR) is 163 cm³/mol. The summed E-state index contributed by atoms with van der Waals surface area (Å²) in [7, 11) is 0. The van der Waals surface area contributed by atoms with E-state index in [1.807, 2.05) is 13.8 Å². The van der Waals surface area contributed by atoms with E-state index in [2.05, 4.69) is 21.3 Å². The van der Waals surface area contributed by atoms with Gasteiger partial charge in [-0.05, 0) is 42.0 Å². The van der Waals surface area contributed by atoms with Crippen molar-refractivity contribution in [2.24, 2.45) is 11.7 Å². The number of rotatable bonds is 16. The number of benzene rings is 2. The SMILES string of the molecule is CC(C)C[C@H](NC(=O)[C@H](Cc1ccccc1)NC(=O)CNc1c(CNC(=O)[C@@H](N)Cc2ccc(O)cc2)c(=O)c1=O)C(=O)O. The van der Waals surface area contributed by atoms with Crippen LogP contribution in [0.2, 0.25) is 0 Å². The standard InChI is InChI=1S/C31H37N5O8/c1-17(2)12-24(31(43)44)36-30(42)23(14-18-6-4-3-5-7-18)35-25(38)16-33-26-21(27(39)28(26)40)15-34-29(41)22(32)13-19-8-10-20(37)11-9-19/h3-11,17,22-24,33,37H,12-16,32H2,1-2H3,(H,34,41)(H,35,38)(H,36,42)(H,43,44)/t22-,23-,24-/m0/s1. The Hall–Kier alpha value is -5.04. The normalized spacial score (nSPS) is 13.1. The molecule has 3 atom stereocenters. The molecule has 8 N–H and O–H groups in total. The minimum absolute atomic E-state index is 0.00672. The second-order valence-corrected chi connectivity index (χ2v) is 10.9. The van der Waals surface area contributed by atoms with Crippen molar-refractivity contribution in [1.29, 1.82) is 0 Å². The number of phenols is 1. The maximum atomic E-state index is 13.1. The summed E-state index contributed by atoms with van der Waals surface area (Å²) in [6.07, 6.45) is 0.444. The van der Waals surface area contributed by atoms with Crippen molar-refractivity contribution >= 4 is 29.4 Å². The lowest BCUT2D eigenvalue weighted by atomic mass is 10.0. The third kappa shape index (κ3) is 9.49. The van der Waals surface area contributed by atoms with Crippen LogP contribution in [-0.2, 0) is 38.6 Å². The first-order valence-corrected chi connectivity index (χ1v) is 14.1. The number of amides is 3. The lowest BCUT2D eigenvalue weighted by molar-refractivity contribution is -0.142. The number of carboxylic acids is 1. The van der Waals surface area contributed by atoms with Gasteiger partial charge < -0.3 is 37.2 Å². The number of hydrogen-bond donors (Lipinski definition) is 7. The van der Waals surface area contributed by atoms with Crippen LogP contribution in [0, 0.1) is 5.92 Å². The van der Waals surface area contributed by atoms with Gasteiger partial charge in [0.05, 0.1) is 23.8 Å². The minimum atomic E-state index is -1.19. The first-order chi connectivity index (χ1) is 20.8. The van der Waals surface area contributed by atoms with Crippen LogP contribution < -0.4 is 37.9 Å². The van der Waals surface area contributed by atoms with E-state index in [1.165, 1.54) is 12.1 Å². The molecule has 3 rings (SSSR count). The molecule has 0 unspecified atom stereocenters. The highest BCUT2D eigenvalue weighted by atomic mass is 16.4. The molecule has 0 heterocycles. The van der Waals surface area contributed by atoms with Crippen molar-refractivity contribution in [2.45, 2.75) is 57.8 Å². The largest absolute Gasteiger partial charge is 0.508 e. The van der Waals surface area contributed by atoms with Gasteiger partial charge in [-0.1, -0.05) is 56.3 Å². The summed E-state index contributed by atoms with van der Waals surface area (Å²) in [6.45, 7) is 2.88. The second-order valence-electron chi connectivity index (χ2n) is 10.9. The average Bonchev–Trinajstić information content (AvgIpc) is 2.98. The van der Waals surface area contributed by atoms with E-state index in [0.29, 0.717) is 5.56 Å². The monoisotopic (exact) mass is 607 g/mol. The summed E-state index contributed by atoms with van der Waals surface area (Å²) in [5, 5.41) is 29.1. The molecule has 234 valence electrons. The summed E-state index contributed by atoms with van der Waals surface area (Å²) in [6, 6.07) is 11.8. The third-order valence-corrected chi connectivity index (χ3v) is 6.86. The maximum absolute atomic E-state index is 13.1. The van der Waals surface area contributed by atoms with Crippen molar-refractivity contribution in [3.05, 3.63) is 91.7 Å². The van der Waals surface area contributed by atoms with E-state index >= 15 is 0 Å². The Morgan fingerprint density at radius 2 is 1.45 bits per heavy atom. The fourth-order valence-corrected chi connectivity index (χ4v) is 4.52. The van der Waals surface area contributed by atoms with Crippen LogP contribution in [-0.4, -0.2) is 58.6 Å². The first-order valence-electron chi connectivity index (χ1n) is 14.1. The van der Waals surface area contributed by atoms with E-state index in [0.717, 1.165) is 5.56 Å². The minimum Gasteiger partial charge on any atom is -0.508 e. The van der Waals surface area contributed by atoms with Gasteiger partial charge in [0, 0.05) is 13.0 Å². The van der Waals surface area contributed by atoms with Crippen LogP contribution in [0.4, 0.5) is 5.69 Å². The number of carbonyl (C=O) groups is 4. The smallest absolute Gasteiger partial charge is 0.326 e. The molecule has 0 saturated heterocycles. The van der Waals surface area contributed by atoms with Crippen molar-refractivity contribution in [3.63, 3.8) is 0 Å². The number of nitrogens with one attached hydrogen (secondary N) is 4. The van der Waals surface area contributed by atoms with Crippen molar-refractivity contribution in [2.75, 3.05) is 11.9 Å². The topological polar surface area (TPSA) is 217 Å². The van der Waals surface area contributed by atoms with Crippen molar-refractivity contribution < 1.29 is 29.4 Å². The van der Waals surface area contributed by atoms with E-state index in [-0.39, 0.29) is 48.7 Å². The molecule has 0 aliphatic carbocycles. The van der Waals surface area contributed by atoms with Crippen molar-refractivity contribution in [3.8, 4) is 5.75 Å². The highest BCUT2D eigenvalue weighted by molar-refractivity contribution is 5.91. The highest BCUT2D eigenvalue weighted by Crippen LogP contribution is 2.12. The first kappa shape index (κ1) is 33.5. The number of carboxylic acid groups (broad SMARTS) is 1. The molecule has 0 aliphatic rings. The van der Waals surface area contributed by atoms with Gasteiger partial charge in [-0.3, -0.25) is 24.0 Å². The molecule has 13 nitrogen and oxygen atoms in total.